The van der Waals surface area contributed by atoms with Crippen LogP contribution in [0.15, 0.2) is 4.99 Å². The Balaban J connectivity index is 1.66. The summed E-state index contributed by atoms with van der Waals surface area (Å²) in [6.07, 6.45) is 5.82. The van der Waals surface area contributed by atoms with Crippen LogP contribution in [-0.2, 0) is 10.0 Å². The Bertz CT molecular complexity index is 554. The number of hydrogen-bond acceptors (Lipinski definition) is 3. The molecule has 0 unspecified atom stereocenters. The number of sulfonamides is 1. The van der Waals surface area contributed by atoms with E-state index in [0.717, 1.165) is 18.9 Å². The number of hydrogen-bond donors (Lipinski definition) is 2. The largest absolute Gasteiger partial charge is 0.511 e. The SMILES string of the molecule is CN=C(NCCCC1CC1)NCC1CCN(S(=O)(=O)C(F)(F)F)CC1. The van der Waals surface area contributed by atoms with Crippen LogP contribution in [0, 0.1) is 11.8 Å². The summed E-state index contributed by atoms with van der Waals surface area (Å²) in [4.78, 5) is 4.13. The molecule has 1 aliphatic heterocycles. The number of halogens is 3. The molecule has 0 aromatic carbocycles. The molecule has 1 aliphatic carbocycles. The van der Waals surface area contributed by atoms with Gasteiger partial charge in [0, 0.05) is 33.2 Å². The number of alkyl halides is 3. The second kappa shape index (κ2) is 8.57. The van der Waals surface area contributed by atoms with Gasteiger partial charge in [0.1, 0.15) is 0 Å². The average Bonchev–Trinajstić information content (AvgIpc) is 3.38. The highest BCUT2D eigenvalue weighted by Gasteiger charge is 2.50. The standard InChI is InChI=1S/C15H27F3N4O2S/c1-19-14(20-8-2-3-12-4-5-12)21-11-13-6-9-22(10-7-13)25(23,24)15(16,17)18/h12-13H,2-11H2,1H3,(H2,19,20,21). The molecule has 0 amide bonds. The van der Waals surface area contributed by atoms with Crippen LogP contribution in [0.3, 0.4) is 0 Å². The van der Waals surface area contributed by atoms with Gasteiger partial charge in [-0.05, 0) is 37.5 Å². The molecule has 0 aromatic rings. The molecule has 6 nitrogen and oxygen atoms in total. The third-order valence-corrected chi connectivity index (χ3v) is 6.40. The van der Waals surface area contributed by atoms with Crippen LogP contribution < -0.4 is 10.6 Å². The monoisotopic (exact) mass is 384 g/mol. The number of piperidine rings is 1. The van der Waals surface area contributed by atoms with Crippen molar-refractivity contribution >= 4 is 16.0 Å². The fourth-order valence-corrected chi connectivity index (χ4v) is 3.95. The van der Waals surface area contributed by atoms with Gasteiger partial charge in [0.05, 0.1) is 0 Å². The molecule has 2 fully saturated rings. The molecule has 2 N–H and O–H groups in total. The lowest BCUT2D eigenvalue weighted by molar-refractivity contribution is -0.0496. The van der Waals surface area contributed by atoms with Crippen molar-refractivity contribution in [2.45, 2.75) is 44.0 Å². The van der Waals surface area contributed by atoms with E-state index in [2.05, 4.69) is 15.6 Å². The molecule has 2 aliphatic rings. The zero-order valence-corrected chi connectivity index (χ0v) is 15.3. The van der Waals surface area contributed by atoms with Crippen LogP contribution in [0.1, 0.15) is 38.5 Å². The van der Waals surface area contributed by atoms with E-state index in [4.69, 9.17) is 0 Å². The summed E-state index contributed by atoms with van der Waals surface area (Å²) in [5.74, 6) is 1.71. The van der Waals surface area contributed by atoms with Gasteiger partial charge in [0.25, 0.3) is 0 Å². The molecular weight excluding hydrogens is 357 g/mol. The third-order valence-electron chi connectivity index (χ3n) is 4.77. The Hall–Kier alpha value is -1.03. The van der Waals surface area contributed by atoms with Crippen molar-refractivity contribution in [2.75, 3.05) is 33.2 Å². The van der Waals surface area contributed by atoms with Crippen molar-refractivity contribution in [2.24, 2.45) is 16.8 Å². The van der Waals surface area contributed by atoms with Crippen molar-refractivity contribution in [1.82, 2.24) is 14.9 Å². The van der Waals surface area contributed by atoms with Gasteiger partial charge in [-0.1, -0.05) is 12.8 Å². The van der Waals surface area contributed by atoms with Crippen LogP contribution in [0.2, 0.25) is 0 Å². The Kier molecular flexibility index (Phi) is 6.95. The minimum absolute atomic E-state index is 0.0956. The minimum Gasteiger partial charge on any atom is -0.356 e. The summed E-state index contributed by atoms with van der Waals surface area (Å²) in [6, 6.07) is 0. The number of nitrogens with zero attached hydrogens (tertiary/aromatic N) is 2. The zero-order valence-electron chi connectivity index (χ0n) is 14.5. The topological polar surface area (TPSA) is 73.8 Å². The van der Waals surface area contributed by atoms with Gasteiger partial charge in [-0.15, -0.1) is 0 Å². The maximum Gasteiger partial charge on any atom is 0.511 e. The van der Waals surface area contributed by atoms with Gasteiger partial charge in [-0.25, -0.2) is 8.42 Å². The van der Waals surface area contributed by atoms with Crippen molar-refractivity contribution in [3.63, 3.8) is 0 Å². The average molecular weight is 384 g/mol. The summed E-state index contributed by atoms with van der Waals surface area (Å²) in [6.45, 7) is 1.23. The lowest BCUT2D eigenvalue weighted by Gasteiger charge is -2.31. The lowest BCUT2D eigenvalue weighted by atomic mass is 9.98. The van der Waals surface area contributed by atoms with E-state index >= 15 is 0 Å². The number of rotatable bonds is 7. The maximum atomic E-state index is 12.6. The molecule has 0 radical (unpaired) electrons. The first kappa shape index (κ1) is 20.3. The van der Waals surface area contributed by atoms with Crippen LogP contribution in [0.25, 0.3) is 0 Å². The van der Waals surface area contributed by atoms with E-state index in [1.807, 2.05) is 0 Å². The van der Waals surface area contributed by atoms with E-state index < -0.39 is 15.5 Å². The molecule has 0 bridgehead atoms. The molecule has 2 rings (SSSR count). The van der Waals surface area contributed by atoms with E-state index in [1.54, 1.807) is 7.05 Å². The predicted octanol–water partition coefficient (Wildman–Crippen LogP) is 1.90. The van der Waals surface area contributed by atoms with E-state index in [0.29, 0.717) is 29.7 Å². The Morgan fingerprint density at radius 1 is 1.12 bits per heavy atom. The lowest BCUT2D eigenvalue weighted by Crippen LogP contribution is -2.47. The maximum absolute atomic E-state index is 12.6. The Morgan fingerprint density at radius 3 is 2.28 bits per heavy atom. The van der Waals surface area contributed by atoms with Crippen molar-refractivity contribution < 1.29 is 21.6 Å². The smallest absolute Gasteiger partial charge is 0.356 e. The second-order valence-electron chi connectivity index (χ2n) is 6.76. The molecule has 1 saturated heterocycles. The van der Waals surface area contributed by atoms with Crippen LogP contribution in [0.4, 0.5) is 13.2 Å². The van der Waals surface area contributed by atoms with Gasteiger partial charge < -0.3 is 10.6 Å². The normalized spacial score (nSPS) is 21.4. The number of aliphatic imine (C=N–C) groups is 1. The van der Waals surface area contributed by atoms with Crippen LogP contribution >= 0.6 is 0 Å². The first-order valence-electron chi connectivity index (χ1n) is 8.75. The van der Waals surface area contributed by atoms with Gasteiger partial charge in [-0.2, -0.15) is 17.5 Å². The highest BCUT2D eigenvalue weighted by atomic mass is 32.2. The molecule has 0 aromatic heterocycles. The van der Waals surface area contributed by atoms with Gasteiger partial charge in [0.15, 0.2) is 5.96 Å². The first-order valence-corrected chi connectivity index (χ1v) is 10.2. The molecule has 0 spiro atoms. The Labute approximate surface area is 147 Å². The van der Waals surface area contributed by atoms with Crippen molar-refractivity contribution in [3.05, 3.63) is 0 Å². The third kappa shape index (κ3) is 6.02. The van der Waals surface area contributed by atoms with Gasteiger partial charge in [0.2, 0.25) is 0 Å². The summed E-state index contributed by atoms with van der Waals surface area (Å²) < 4.78 is 60.9. The summed E-state index contributed by atoms with van der Waals surface area (Å²) in [5.41, 5.74) is -5.22. The van der Waals surface area contributed by atoms with E-state index in [-0.39, 0.29) is 19.0 Å². The number of nitrogens with one attached hydrogen (secondary N) is 2. The van der Waals surface area contributed by atoms with Crippen LogP contribution in [0.5, 0.6) is 0 Å². The predicted molar refractivity (Wildman–Crippen MR) is 90.6 cm³/mol. The quantitative estimate of drug-likeness (QED) is 0.399. The molecule has 1 saturated carbocycles. The van der Waals surface area contributed by atoms with Gasteiger partial charge >= 0.3 is 15.5 Å². The molecule has 146 valence electrons. The second-order valence-corrected chi connectivity index (χ2v) is 8.69. The van der Waals surface area contributed by atoms with E-state index in [9.17, 15) is 21.6 Å². The highest BCUT2D eigenvalue weighted by Crippen LogP contribution is 2.33. The molecular formula is C15H27F3N4O2S. The fourth-order valence-electron chi connectivity index (χ4n) is 2.97. The highest BCUT2D eigenvalue weighted by molar-refractivity contribution is 7.90. The zero-order chi connectivity index (χ0) is 18.5. The molecule has 25 heavy (non-hydrogen) atoms. The minimum atomic E-state index is -5.22. The van der Waals surface area contributed by atoms with E-state index in [1.165, 1.54) is 19.3 Å². The Morgan fingerprint density at radius 2 is 1.76 bits per heavy atom. The van der Waals surface area contributed by atoms with Crippen LogP contribution in [-0.4, -0.2) is 57.4 Å². The molecule has 0 atom stereocenters. The number of guanidine groups is 1. The summed E-state index contributed by atoms with van der Waals surface area (Å²) in [5, 5.41) is 6.40. The first-order chi connectivity index (χ1) is 11.7. The van der Waals surface area contributed by atoms with Crippen molar-refractivity contribution in [3.8, 4) is 0 Å². The fraction of sp³-hybridized carbons (Fsp3) is 0.933. The summed E-state index contributed by atoms with van der Waals surface area (Å²) >= 11 is 0. The summed E-state index contributed by atoms with van der Waals surface area (Å²) in [7, 11) is -3.52. The molecule has 1 heterocycles. The van der Waals surface area contributed by atoms with Gasteiger partial charge in [-0.3, -0.25) is 4.99 Å². The van der Waals surface area contributed by atoms with Crippen molar-refractivity contribution in [1.29, 1.82) is 0 Å². The molecule has 10 heteroatoms.